The summed E-state index contributed by atoms with van der Waals surface area (Å²) in [4.78, 5) is 44.9. The fraction of sp³-hybridized carbons (Fsp3) is 0.455. The van der Waals surface area contributed by atoms with Crippen molar-refractivity contribution in [3.05, 3.63) is 32.8 Å². The molecule has 0 aromatic carbocycles. The number of nitrogens with zero attached hydrogens (tertiary/aromatic N) is 1. The number of aromatic amines is 1. The Balaban J connectivity index is 2.80. The summed E-state index contributed by atoms with van der Waals surface area (Å²) in [6.45, 7) is 2.86. The number of amides is 1. The van der Waals surface area contributed by atoms with Gasteiger partial charge in [-0.2, -0.15) is 0 Å². The van der Waals surface area contributed by atoms with Gasteiger partial charge in [0.2, 0.25) is 5.91 Å². The molecule has 8 nitrogen and oxygen atoms in total. The first-order chi connectivity index (χ1) is 8.81. The van der Waals surface area contributed by atoms with Gasteiger partial charge in [0, 0.05) is 12.1 Å². The Hall–Kier alpha value is -2.38. The van der Waals surface area contributed by atoms with Crippen LogP contribution in [0.4, 0.5) is 0 Å². The average Bonchev–Trinajstić information content (AvgIpc) is 2.30. The second-order valence-corrected chi connectivity index (χ2v) is 4.36. The highest BCUT2D eigenvalue weighted by atomic mass is 16.4. The maximum absolute atomic E-state index is 11.6. The molecule has 1 atom stereocenters. The Kier molecular flexibility index (Phi) is 4.62. The largest absolute Gasteiger partial charge is 0.480 e. The molecule has 0 bridgehead atoms. The topological polar surface area (TPSA) is 121 Å². The molecule has 0 aliphatic heterocycles. The fourth-order valence-corrected chi connectivity index (χ4v) is 1.46. The summed E-state index contributed by atoms with van der Waals surface area (Å²) in [6, 6.07) is 1.03. The van der Waals surface area contributed by atoms with E-state index in [2.05, 4.69) is 10.4 Å². The Labute approximate surface area is 108 Å². The zero-order chi connectivity index (χ0) is 14.6. The van der Waals surface area contributed by atoms with Gasteiger partial charge in [-0.25, -0.2) is 9.48 Å². The van der Waals surface area contributed by atoms with E-state index in [1.165, 1.54) is 0 Å². The van der Waals surface area contributed by atoms with E-state index >= 15 is 0 Å². The molecular formula is C11H15N3O5. The summed E-state index contributed by atoms with van der Waals surface area (Å²) in [6.07, 6.45) is 0. The van der Waals surface area contributed by atoms with Gasteiger partial charge in [0.05, 0.1) is 0 Å². The third-order valence-corrected chi connectivity index (χ3v) is 2.44. The summed E-state index contributed by atoms with van der Waals surface area (Å²) >= 11 is 0. The van der Waals surface area contributed by atoms with Gasteiger partial charge in [-0.1, -0.05) is 13.8 Å². The molecule has 0 spiro atoms. The minimum absolute atomic E-state index is 0.298. The van der Waals surface area contributed by atoms with Crippen LogP contribution in [0.15, 0.2) is 21.7 Å². The molecule has 19 heavy (non-hydrogen) atoms. The lowest BCUT2D eigenvalue weighted by atomic mass is 10.1. The van der Waals surface area contributed by atoms with Crippen LogP contribution in [0.1, 0.15) is 13.8 Å². The zero-order valence-corrected chi connectivity index (χ0v) is 10.5. The van der Waals surface area contributed by atoms with Crippen LogP contribution in [-0.2, 0) is 16.1 Å². The molecular weight excluding hydrogens is 254 g/mol. The number of carboxylic acid groups (broad SMARTS) is 1. The van der Waals surface area contributed by atoms with Crippen LogP contribution >= 0.6 is 0 Å². The zero-order valence-electron chi connectivity index (χ0n) is 10.5. The Bertz CT molecular complexity index is 586. The second-order valence-electron chi connectivity index (χ2n) is 4.36. The van der Waals surface area contributed by atoms with E-state index in [0.717, 1.165) is 16.8 Å². The first-order valence-corrected chi connectivity index (χ1v) is 5.63. The van der Waals surface area contributed by atoms with Crippen LogP contribution < -0.4 is 16.4 Å². The van der Waals surface area contributed by atoms with Crippen molar-refractivity contribution in [3.63, 3.8) is 0 Å². The molecule has 0 aliphatic carbocycles. The lowest BCUT2D eigenvalue weighted by Crippen LogP contribution is -2.46. The number of carboxylic acids is 1. The molecule has 1 aromatic rings. The Morgan fingerprint density at radius 3 is 2.53 bits per heavy atom. The van der Waals surface area contributed by atoms with E-state index in [9.17, 15) is 19.2 Å². The molecule has 0 saturated carbocycles. The van der Waals surface area contributed by atoms with E-state index < -0.39 is 35.6 Å². The molecule has 1 aromatic heterocycles. The average molecular weight is 269 g/mol. The third-order valence-electron chi connectivity index (χ3n) is 2.44. The van der Waals surface area contributed by atoms with Gasteiger partial charge >= 0.3 is 5.97 Å². The van der Waals surface area contributed by atoms with E-state index in [0.29, 0.717) is 0 Å². The van der Waals surface area contributed by atoms with Crippen molar-refractivity contribution >= 4 is 11.9 Å². The number of H-pyrrole nitrogens is 1. The standard InChI is InChI=1S/C11H15N3O5/c1-6(2)10(11(18)19)12-8(16)5-14-9(17)4-3-7(15)13-14/h3-4,6,10H,5H2,1-2H3,(H,12,16)(H,13,15)(H,18,19)/t10-/m0/s1. The quantitative estimate of drug-likeness (QED) is 0.617. The van der Waals surface area contributed by atoms with E-state index in [1.807, 2.05) is 0 Å². The van der Waals surface area contributed by atoms with Crippen molar-refractivity contribution < 1.29 is 14.7 Å². The van der Waals surface area contributed by atoms with Crippen LogP contribution in [0.25, 0.3) is 0 Å². The van der Waals surface area contributed by atoms with Crippen LogP contribution in [0.5, 0.6) is 0 Å². The van der Waals surface area contributed by atoms with Crippen molar-refractivity contribution in [3.8, 4) is 0 Å². The summed E-state index contributed by atoms with van der Waals surface area (Å²) in [5, 5.41) is 13.4. The minimum Gasteiger partial charge on any atom is -0.480 e. The lowest BCUT2D eigenvalue weighted by molar-refractivity contribution is -0.143. The maximum Gasteiger partial charge on any atom is 0.326 e. The number of carbonyl (C=O) groups excluding carboxylic acids is 1. The van der Waals surface area contributed by atoms with Gasteiger partial charge in [0.25, 0.3) is 11.1 Å². The normalized spacial score (nSPS) is 12.2. The van der Waals surface area contributed by atoms with Crippen molar-refractivity contribution in [2.45, 2.75) is 26.4 Å². The molecule has 3 N–H and O–H groups in total. The van der Waals surface area contributed by atoms with Crippen molar-refractivity contribution in [2.75, 3.05) is 0 Å². The molecule has 1 amide bonds. The van der Waals surface area contributed by atoms with Gasteiger partial charge < -0.3 is 10.4 Å². The summed E-state index contributed by atoms with van der Waals surface area (Å²) < 4.78 is 0.816. The van der Waals surface area contributed by atoms with E-state index in [-0.39, 0.29) is 5.92 Å². The molecule has 104 valence electrons. The van der Waals surface area contributed by atoms with Gasteiger partial charge in [-0.05, 0) is 5.92 Å². The van der Waals surface area contributed by atoms with Crippen LogP contribution in [0, 0.1) is 5.92 Å². The molecule has 0 unspecified atom stereocenters. The molecule has 0 radical (unpaired) electrons. The Morgan fingerprint density at radius 2 is 2.00 bits per heavy atom. The molecule has 8 heteroatoms. The van der Waals surface area contributed by atoms with Gasteiger partial charge in [0.15, 0.2) is 0 Å². The van der Waals surface area contributed by atoms with Gasteiger partial charge in [0.1, 0.15) is 12.6 Å². The second kappa shape index (κ2) is 5.98. The SMILES string of the molecule is CC(C)[C@H](NC(=O)Cn1[nH]c(=O)ccc1=O)C(=O)O. The van der Waals surface area contributed by atoms with Crippen molar-refractivity contribution in [1.29, 1.82) is 0 Å². The van der Waals surface area contributed by atoms with Crippen LogP contribution in [0.2, 0.25) is 0 Å². The molecule has 0 fully saturated rings. The fourth-order valence-electron chi connectivity index (χ4n) is 1.46. The van der Waals surface area contributed by atoms with Crippen LogP contribution in [0.3, 0.4) is 0 Å². The van der Waals surface area contributed by atoms with Crippen molar-refractivity contribution in [2.24, 2.45) is 5.92 Å². The number of aliphatic carboxylic acids is 1. The third kappa shape index (κ3) is 4.09. The monoisotopic (exact) mass is 269 g/mol. The van der Waals surface area contributed by atoms with Crippen LogP contribution in [-0.4, -0.2) is 32.8 Å². The molecule has 1 heterocycles. The molecule has 1 rings (SSSR count). The smallest absolute Gasteiger partial charge is 0.326 e. The summed E-state index contributed by atoms with van der Waals surface area (Å²) in [5.41, 5.74) is -1.07. The predicted molar refractivity (Wildman–Crippen MR) is 65.7 cm³/mol. The number of aromatic nitrogens is 2. The lowest BCUT2D eigenvalue weighted by Gasteiger charge is -2.17. The number of nitrogens with one attached hydrogen (secondary N) is 2. The molecule has 0 saturated heterocycles. The number of rotatable bonds is 5. The summed E-state index contributed by atoms with van der Waals surface area (Å²) in [5.74, 6) is -2.12. The maximum atomic E-state index is 11.6. The first-order valence-electron chi connectivity index (χ1n) is 5.63. The van der Waals surface area contributed by atoms with Crippen molar-refractivity contribution in [1.82, 2.24) is 15.1 Å². The Morgan fingerprint density at radius 1 is 1.37 bits per heavy atom. The number of hydrogen-bond donors (Lipinski definition) is 3. The predicted octanol–water partition coefficient (Wildman–Crippen LogP) is -1.24. The molecule has 0 aliphatic rings. The highest BCUT2D eigenvalue weighted by molar-refractivity contribution is 5.83. The van der Waals surface area contributed by atoms with Gasteiger partial charge in [-0.15, -0.1) is 0 Å². The first kappa shape index (κ1) is 14.7. The van der Waals surface area contributed by atoms with E-state index in [1.54, 1.807) is 13.8 Å². The number of hydrogen-bond acceptors (Lipinski definition) is 4. The highest BCUT2D eigenvalue weighted by Gasteiger charge is 2.23. The minimum atomic E-state index is -1.16. The summed E-state index contributed by atoms with van der Waals surface area (Å²) in [7, 11) is 0. The van der Waals surface area contributed by atoms with E-state index in [4.69, 9.17) is 5.11 Å². The van der Waals surface area contributed by atoms with Gasteiger partial charge in [-0.3, -0.25) is 19.5 Å². The highest BCUT2D eigenvalue weighted by Crippen LogP contribution is 2.01. The number of carbonyl (C=O) groups is 2.